The third-order valence-electron chi connectivity index (χ3n) is 4.35. The number of hydrogen-bond donors (Lipinski definition) is 3. The van der Waals surface area contributed by atoms with Crippen LogP contribution in [0, 0.1) is 0 Å². The first-order valence-corrected chi connectivity index (χ1v) is 10.3. The van der Waals surface area contributed by atoms with Crippen molar-refractivity contribution in [1.82, 2.24) is 10.3 Å². The highest BCUT2D eigenvalue weighted by molar-refractivity contribution is 6.40. The highest BCUT2D eigenvalue weighted by atomic mass is 35.5. The summed E-state index contributed by atoms with van der Waals surface area (Å²) in [6.45, 7) is 0.0564. The number of carboxylic acids is 1. The fourth-order valence-electron chi connectivity index (χ4n) is 2.97. The van der Waals surface area contributed by atoms with Gasteiger partial charge in [-0.2, -0.15) is 0 Å². The van der Waals surface area contributed by atoms with Crippen LogP contribution in [0.4, 0.5) is 23.7 Å². The van der Waals surface area contributed by atoms with E-state index >= 15 is 0 Å². The van der Waals surface area contributed by atoms with Crippen LogP contribution in [0.3, 0.4) is 0 Å². The van der Waals surface area contributed by atoms with Crippen molar-refractivity contribution in [2.24, 2.45) is 0 Å². The lowest BCUT2D eigenvalue weighted by Crippen LogP contribution is -2.28. The second-order valence-corrected chi connectivity index (χ2v) is 7.71. The molecule has 34 heavy (non-hydrogen) atoms. The van der Waals surface area contributed by atoms with Crippen molar-refractivity contribution in [3.05, 3.63) is 76.0 Å². The zero-order chi connectivity index (χ0) is 24.9. The molecule has 0 unspecified atom stereocenters. The fourth-order valence-corrected chi connectivity index (χ4v) is 3.67. The highest BCUT2D eigenvalue weighted by Crippen LogP contribution is 2.42. The topological polar surface area (TPSA) is 101 Å². The van der Waals surface area contributed by atoms with E-state index in [0.717, 1.165) is 6.07 Å². The Morgan fingerprint density at radius 3 is 2.32 bits per heavy atom. The molecule has 0 fully saturated rings. The maximum Gasteiger partial charge on any atom is 0.573 e. The van der Waals surface area contributed by atoms with Crippen molar-refractivity contribution in [3.63, 3.8) is 0 Å². The monoisotopic (exact) mass is 513 g/mol. The molecule has 0 aliphatic rings. The Morgan fingerprint density at radius 2 is 1.74 bits per heavy atom. The number of amides is 2. The Bertz CT molecular complexity index is 1180. The van der Waals surface area contributed by atoms with Crippen LogP contribution >= 0.6 is 23.2 Å². The van der Waals surface area contributed by atoms with Crippen molar-refractivity contribution < 1.29 is 32.6 Å². The third kappa shape index (κ3) is 7.00. The highest BCUT2D eigenvalue weighted by Gasteiger charge is 2.32. The number of nitrogens with one attached hydrogen (secondary N) is 2. The van der Waals surface area contributed by atoms with Crippen LogP contribution < -0.4 is 15.4 Å². The molecule has 1 heterocycles. The van der Waals surface area contributed by atoms with E-state index in [0.29, 0.717) is 11.3 Å². The van der Waals surface area contributed by atoms with Crippen molar-refractivity contribution in [1.29, 1.82) is 0 Å². The summed E-state index contributed by atoms with van der Waals surface area (Å²) in [5, 5.41) is 13.9. The lowest BCUT2D eigenvalue weighted by Gasteiger charge is -2.16. The van der Waals surface area contributed by atoms with Gasteiger partial charge < -0.3 is 20.5 Å². The van der Waals surface area contributed by atoms with Gasteiger partial charge in [-0.25, -0.2) is 4.79 Å². The molecule has 2 aromatic carbocycles. The minimum atomic E-state index is -4.90. The minimum absolute atomic E-state index is 0.00305. The Kier molecular flexibility index (Phi) is 7.85. The summed E-state index contributed by atoms with van der Waals surface area (Å²) in [5.74, 6) is -1.45. The summed E-state index contributed by atoms with van der Waals surface area (Å²) in [6.07, 6.45) is -3.66. The Hall–Kier alpha value is -3.50. The van der Waals surface area contributed by atoms with Crippen molar-refractivity contribution >= 4 is 40.9 Å². The quantitative estimate of drug-likeness (QED) is 0.365. The van der Waals surface area contributed by atoms with Gasteiger partial charge in [0.05, 0.1) is 28.7 Å². The second kappa shape index (κ2) is 10.6. The molecule has 0 saturated carbocycles. The molecule has 0 atom stereocenters. The molecule has 12 heteroatoms. The minimum Gasteiger partial charge on any atom is -0.481 e. The van der Waals surface area contributed by atoms with E-state index in [1.54, 1.807) is 12.1 Å². The van der Waals surface area contributed by atoms with Gasteiger partial charge in [-0.05, 0) is 29.8 Å². The second-order valence-electron chi connectivity index (χ2n) is 6.89. The molecule has 0 saturated heterocycles. The molecular weight excluding hydrogens is 498 g/mol. The van der Waals surface area contributed by atoms with Gasteiger partial charge in [0.15, 0.2) is 0 Å². The molecule has 2 amide bonds. The van der Waals surface area contributed by atoms with Crippen LogP contribution in [-0.2, 0) is 17.8 Å². The first kappa shape index (κ1) is 25.1. The average Bonchev–Trinajstić information content (AvgIpc) is 2.72. The SMILES string of the molecule is O=C(O)Cc1ccc(CNC(=O)Nc2cc(Cl)c(-c3ccccc3OC(F)(F)F)c(Cl)c2)nc1. The number of aliphatic carboxylic acids is 1. The zero-order valence-corrected chi connectivity index (χ0v) is 18.6. The number of rotatable bonds is 7. The maximum atomic E-state index is 12.7. The van der Waals surface area contributed by atoms with E-state index in [2.05, 4.69) is 20.4 Å². The average molecular weight is 514 g/mol. The van der Waals surface area contributed by atoms with Crippen LogP contribution in [0.25, 0.3) is 11.1 Å². The summed E-state index contributed by atoms with van der Waals surface area (Å²) in [6, 6.07) is 10.6. The number of nitrogens with zero attached hydrogens (tertiary/aromatic N) is 1. The lowest BCUT2D eigenvalue weighted by atomic mass is 10.0. The number of ether oxygens (including phenoxy) is 1. The normalized spacial score (nSPS) is 11.1. The van der Waals surface area contributed by atoms with E-state index in [1.165, 1.54) is 36.5 Å². The summed E-state index contributed by atoms with van der Waals surface area (Å²) in [4.78, 5) is 27.0. The molecule has 1 aromatic heterocycles. The summed E-state index contributed by atoms with van der Waals surface area (Å²) in [5.41, 5.74) is 1.36. The van der Waals surface area contributed by atoms with Crippen LogP contribution in [-0.4, -0.2) is 28.5 Å². The van der Waals surface area contributed by atoms with Crippen molar-refractivity contribution in [2.75, 3.05) is 5.32 Å². The standard InChI is InChI=1S/C22H16Cl2F3N3O4/c23-16-8-14(30-21(33)29-11-13-6-5-12(10-28-13)7-19(31)32)9-17(24)20(16)15-3-1-2-4-18(15)34-22(25,26)27/h1-6,8-10H,7,11H2,(H,31,32)(H2,29,30,33). The number of aromatic nitrogens is 1. The number of carboxylic acid groups (broad SMARTS) is 1. The fraction of sp³-hybridized carbons (Fsp3) is 0.136. The molecule has 7 nitrogen and oxygen atoms in total. The molecule has 0 aliphatic heterocycles. The molecule has 178 valence electrons. The first-order chi connectivity index (χ1) is 16.0. The van der Waals surface area contributed by atoms with Gasteiger partial charge in [0, 0.05) is 23.0 Å². The number of para-hydroxylation sites is 1. The number of anilines is 1. The van der Waals surface area contributed by atoms with Gasteiger partial charge >= 0.3 is 18.4 Å². The molecule has 0 spiro atoms. The van der Waals surface area contributed by atoms with E-state index < -0.39 is 24.1 Å². The van der Waals surface area contributed by atoms with Gasteiger partial charge in [-0.3, -0.25) is 9.78 Å². The van der Waals surface area contributed by atoms with E-state index in [1.807, 2.05) is 0 Å². The molecule has 3 N–H and O–H groups in total. The number of benzene rings is 2. The smallest absolute Gasteiger partial charge is 0.481 e. The zero-order valence-electron chi connectivity index (χ0n) is 17.1. The summed E-state index contributed by atoms with van der Waals surface area (Å²) in [7, 11) is 0. The summed E-state index contributed by atoms with van der Waals surface area (Å²) >= 11 is 12.5. The number of carbonyl (C=O) groups excluding carboxylic acids is 1. The Morgan fingerprint density at radius 1 is 1.06 bits per heavy atom. The van der Waals surface area contributed by atoms with E-state index in [4.69, 9.17) is 28.3 Å². The van der Waals surface area contributed by atoms with Crippen molar-refractivity contribution in [3.8, 4) is 16.9 Å². The molecular formula is C22H16Cl2F3N3O4. The lowest BCUT2D eigenvalue weighted by molar-refractivity contribution is -0.274. The molecule has 3 rings (SSSR count). The van der Waals surface area contributed by atoms with Gasteiger partial charge in [-0.1, -0.05) is 47.5 Å². The molecule has 0 aliphatic carbocycles. The Labute approximate surface area is 201 Å². The van der Waals surface area contributed by atoms with E-state index in [-0.39, 0.29) is 39.8 Å². The number of alkyl halides is 3. The van der Waals surface area contributed by atoms with E-state index in [9.17, 15) is 22.8 Å². The van der Waals surface area contributed by atoms with Crippen LogP contribution in [0.15, 0.2) is 54.7 Å². The first-order valence-electron chi connectivity index (χ1n) is 9.56. The predicted octanol–water partition coefficient (Wildman–Crippen LogP) is 5.90. The number of halogens is 5. The largest absolute Gasteiger partial charge is 0.573 e. The molecule has 0 radical (unpaired) electrons. The Balaban J connectivity index is 1.70. The predicted molar refractivity (Wildman–Crippen MR) is 120 cm³/mol. The van der Waals surface area contributed by atoms with Gasteiger partial charge in [0.25, 0.3) is 0 Å². The number of pyridine rings is 1. The third-order valence-corrected chi connectivity index (χ3v) is 4.95. The van der Waals surface area contributed by atoms with Gasteiger partial charge in [-0.15, -0.1) is 13.2 Å². The van der Waals surface area contributed by atoms with Crippen molar-refractivity contribution in [2.45, 2.75) is 19.3 Å². The molecule has 0 bridgehead atoms. The molecule has 3 aromatic rings. The van der Waals surface area contributed by atoms with Gasteiger partial charge in [0.2, 0.25) is 0 Å². The van der Waals surface area contributed by atoms with Gasteiger partial charge in [0.1, 0.15) is 5.75 Å². The van der Waals surface area contributed by atoms with Crippen LogP contribution in [0.2, 0.25) is 10.0 Å². The van der Waals surface area contributed by atoms with Crippen LogP contribution in [0.5, 0.6) is 5.75 Å². The maximum absolute atomic E-state index is 12.7. The van der Waals surface area contributed by atoms with Crippen LogP contribution in [0.1, 0.15) is 11.3 Å². The number of urea groups is 1. The number of carbonyl (C=O) groups is 2. The number of hydrogen-bond acceptors (Lipinski definition) is 4. The summed E-state index contributed by atoms with van der Waals surface area (Å²) < 4.78 is 42.3.